The van der Waals surface area contributed by atoms with E-state index in [-0.39, 0.29) is 35.8 Å². The van der Waals surface area contributed by atoms with E-state index >= 15 is 0 Å². The number of halogens is 2. The summed E-state index contributed by atoms with van der Waals surface area (Å²) in [7, 11) is 0. The number of nitrogens with one attached hydrogen (secondary N) is 2. The van der Waals surface area contributed by atoms with E-state index in [0.29, 0.717) is 0 Å². The summed E-state index contributed by atoms with van der Waals surface area (Å²) < 4.78 is 42.5. The number of allylic oxidation sites excluding steroid dienone is 2. The Labute approximate surface area is 188 Å². The third kappa shape index (κ3) is 5.93. The van der Waals surface area contributed by atoms with Crippen LogP contribution < -0.4 is 10.6 Å². The number of esters is 3. The SMILES string of the molecule is CCOC(=O)C1=C(C)NC(C)=C(C(=O)OCC)C1C(=O)OCC(=O)Nc1c(F)cccc1F. The van der Waals surface area contributed by atoms with Crippen molar-refractivity contribution in [3.8, 4) is 0 Å². The van der Waals surface area contributed by atoms with Gasteiger partial charge in [0, 0.05) is 11.4 Å². The maximum Gasteiger partial charge on any atom is 0.337 e. The van der Waals surface area contributed by atoms with Crippen LogP contribution in [-0.2, 0) is 33.4 Å². The second kappa shape index (κ2) is 11.2. The molecule has 11 heteroatoms. The lowest BCUT2D eigenvalue weighted by Crippen LogP contribution is -2.39. The van der Waals surface area contributed by atoms with Crippen LogP contribution in [0.25, 0.3) is 0 Å². The highest BCUT2D eigenvalue weighted by Crippen LogP contribution is 2.32. The molecule has 0 aliphatic carbocycles. The van der Waals surface area contributed by atoms with Crippen LogP contribution >= 0.6 is 0 Å². The van der Waals surface area contributed by atoms with Crippen LogP contribution in [0.1, 0.15) is 27.7 Å². The molecule has 0 aromatic heterocycles. The Kier molecular flexibility index (Phi) is 8.66. The average Bonchev–Trinajstić information content (AvgIpc) is 2.74. The van der Waals surface area contributed by atoms with Crippen LogP contribution in [0.15, 0.2) is 40.7 Å². The Morgan fingerprint density at radius 2 is 1.39 bits per heavy atom. The van der Waals surface area contributed by atoms with E-state index < -0.39 is 53.7 Å². The minimum Gasteiger partial charge on any atom is -0.463 e. The summed E-state index contributed by atoms with van der Waals surface area (Å²) in [5.41, 5.74) is -0.573. The molecule has 2 rings (SSSR count). The Morgan fingerprint density at radius 3 is 1.85 bits per heavy atom. The van der Waals surface area contributed by atoms with Crippen molar-refractivity contribution in [2.24, 2.45) is 5.92 Å². The van der Waals surface area contributed by atoms with E-state index in [4.69, 9.17) is 14.2 Å². The maximum atomic E-state index is 13.7. The molecule has 1 aliphatic rings. The van der Waals surface area contributed by atoms with Gasteiger partial charge in [-0.1, -0.05) is 6.07 Å². The minimum atomic E-state index is -1.54. The van der Waals surface area contributed by atoms with Gasteiger partial charge in [0.15, 0.2) is 6.61 Å². The quantitative estimate of drug-likeness (QED) is 0.443. The summed E-state index contributed by atoms with van der Waals surface area (Å²) in [5, 5.41) is 4.82. The normalized spacial score (nSPS) is 13.9. The summed E-state index contributed by atoms with van der Waals surface area (Å²) in [6, 6.07) is 3.00. The monoisotopic (exact) mass is 466 g/mol. The topological polar surface area (TPSA) is 120 Å². The molecule has 2 N–H and O–H groups in total. The number of para-hydroxylation sites is 1. The van der Waals surface area contributed by atoms with Crippen molar-refractivity contribution < 1.29 is 42.2 Å². The largest absolute Gasteiger partial charge is 0.463 e. The summed E-state index contributed by atoms with van der Waals surface area (Å²) in [6.45, 7) is 5.22. The summed E-state index contributed by atoms with van der Waals surface area (Å²) in [4.78, 5) is 50.2. The van der Waals surface area contributed by atoms with Crippen LogP contribution in [0.2, 0.25) is 0 Å². The Balaban J connectivity index is 2.29. The van der Waals surface area contributed by atoms with Crippen molar-refractivity contribution in [2.45, 2.75) is 27.7 Å². The molecule has 0 saturated heterocycles. The number of carbonyl (C=O) groups is 4. The molecular weight excluding hydrogens is 442 g/mol. The first-order valence-corrected chi connectivity index (χ1v) is 10.1. The fourth-order valence-corrected chi connectivity index (χ4v) is 3.20. The fourth-order valence-electron chi connectivity index (χ4n) is 3.20. The molecule has 0 radical (unpaired) electrons. The van der Waals surface area contributed by atoms with Gasteiger partial charge in [0.05, 0.1) is 24.4 Å². The van der Waals surface area contributed by atoms with Crippen LogP contribution in [-0.4, -0.2) is 43.6 Å². The lowest BCUT2D eigenvalue weighted by Gasteiger charge is -2.28. The predicted octanol–water partition coefficient (Wildman–Crippen LogP) is 2.34. The number of hydrogen-bond acceptors (Lipinski definition) is 8. The second-order valence-corrected chi connectivity index (χ2v) is 6.83. The van der Waals surface area contributed by atoms with Gasteiger partial charge in [0.2, 0.25) is 0 Å². The number of rotatable bonds is 8. The second-order valence-electron chi connectivity index (χ2n) is 6.83. The minimum absolute atomic E-state index is 0.00538. The van der Waals surface area contributed by atoms with Gasteiger partial charge in [0.25, 0.3) is 5.91 Å². The van der Waals surface area contributed by atoms with E-state index in [1.807, 2.05) is 5.32 Å². The predicted molar refractivity (Wildman–Crippen MR) is 111 cm³/mol. The number of carbonyl (C=O) groups excluding carboxylic acids is 4. The molecule has 1 heterocycles. The third-order valence-electron chi connectivity index (χ3n) is 4.56. The lowest BCUT2D eigenvalue weighted by atomic mass is 9.85. The van der Waals surface area contributed by atoms with Crippen molar-refractivity contribution in [3.05, 3.63) is 52.4 Å². The highest BCUT2D eigenvalue weighted by Gasteiger charge is 2.42. The molecule has 33 heavy (non-hydrogen) atoms. The van der Waals surface area contributed by atoms with Gasteiger partial charge in [-0.15, -0.1) is 0 Å². The lowest BCUT2D eigenvalue weighted by molar-refractivity contribution is -0.153. The van der Waals surface area contributed by atoms with Gasteiger partial charge < -0.3 is 24.8 Å². The van der Waals surface area contributed by atoms with E-state index in [1.165, 1.54) is 13.8 Å². The van der Waals surface area contributed by atoms with Gasteiger partial charge in [-0.3, -0.25) is 9.59 Å². The third-order valence-corrected chi connectivity index (χ3v) is 4.56. The molecule has 0 saturated carbocycles. The van der Waals surface area contributed by atoms with E-state index in [2.05, 4.69) is 5.32 Å². The van der Waals surface area contributed by atoms with Gasteiger partial charge in [-0.05, 0) is 39.8 Å². The highest BCUT2D eigenvalue weighted by atomic mass is 19.1. The van der Waals surface area contributed by atoms with Crippen molar-refractivity contribution in [1.82, 2.24) is 5.32 Å². The van der Waals surface area contributed by atoms with Crippen LogP contribution in [0.4, 0.5) is 14.5 Å². The number of amides is 1. The molecule has 0 unspecified atom stereocenters. The Morgan fingerprint density at radius 1 is 0.909 bits per heavy atom. The van der Waals surface area contributed by atoms with Crippen LogP contribution in [0.3, 0.4) is 0 Å². The highest BCUT2D eigenvalue weighted by molar-refractivity contribution is 6.06. The smallest absolute Gasteiger partial charge is 0.337 e. The molecule has 1 aliphatic heterocycles. The molecule has 9 nitrogen and oxygen atoms in total. The average molecular weight is 466 g/mol. The number of benzene rings is 1. The molecule has 0 spiro atoms. The first-order valence-electron chi connectivity index (χ1n) is 10.1. The first kappa shape index (κ1) is 25.5. The van der Waals surface area contributed by atoms with Gasteiger partial charge in [0.1, 0.15) is 23.2 Å². The summed E-state index contributed by atoms with van der Waals surface area (Å²) in [6.07, 6.45) is 0. The molecule has 0 atom stereocenters. The molecule has 178 valence electrons. The first-order chi connectivity index (χ1) is 15.6. The number of dihydropyridines is 1. The summed E-state index contributed by atoms with van der Waals surface area (Å²) >= 11 is 0. The van der Waals surface area contributed by atoms with Gasteiger partial charge >= 0.3 is 17.9 Å². The van der Waals surface area contributed by atoms with Crippen LogP contribution in [0, 0.1) is 17.6 Å². The number of hydrogen-bond donors (Lipinski definition) is 2. The Hall–Kier alpha value is -3.76. The zero-order valence-corrected chi connectivity index (χ0v) is 18.5. The molecule has 1 aromatic carbocycles. The Bertz CT molecular complexity index is 973. The van der Waals surface area contributed by atoms with Crippen molar-refractivity contribution in [1.29, 1.82) is 0 Å². The van der Waals surface area contributed by atoms with Crippen molar-refractivity contribution in [2.75, 3.05) is 25.1 Å². The van der Waals surface area contributed by atoms with Crippen molar-refractivity contribution >= 4 is 29.5 Å². The number of anilines is 1. The van der Waals surface area contributed by atoms with E-state index in [0.717, 1.165) is 18.2 Å². The zero-order valence-electron chi connectivity index (χ0n) is 18.5. The molecule has 1 amide bonds. The van der Waals surface area contributed by atoms with Gasteiger partial charge in [-0.2, -0.15) is 0 Å². The van der Waals surface area contributed by atoms with Crippen LogP contribution in [0.5, 0.6) is 0 Å². The standard InChI is InChI=1S/C22H24F2N2O7/c1-5-31-20(28)16-11(3)25-12(4)17(21(29)32-6-2)18(16)22(30)33-10-15(27)26-19-13(23)8-7-9-14(19)24/h7-9,18,25H,5-6,10H2,1-4H3,(H,26,27). The molecule has 1 aromatic rings. The van der Waals surface area contributed by atoms with E-state index in [1.54, 1.807) is 13.8 Å². The molecule has 0 bridgehead atoms. The molecular formula is C22H24F2N2O7. The fraction of sp³-hybridized carbons (Fsp3) is 0.364. The zero-order chi connectivity index (χ0) is 24.7. The molecule has 0 fully saturated rings. The number of ether oxygens (including phenoxy) is 3. The van der Waals surface area contributed by atoms with Gasteiger partial charge in [-0.25, -0.2) is 18.4 Å². The van der Waals surface area contributed by atoms with E-state index in [9.17, 15) is 28.0 Å². The maximum absolute atomic E-state index is 13.7. The van der Waals surface area contributed by atoms with Crippen molar-refractivity contribution in [3.63, 3.8) is 0 Å². The summed E-state index contributed by atoms with van der Waals surface area (Å²) in [5.74, 6) is -7.45.